The van der Waals surface area contributed by atoms with Crippen LogP contribution in [-0.2, 0) is 4.74 Å². The Balaban J connectivity index is 1.96. The molecule has 0 saturated heterocycles. The molecule has 4 nitrogen and oxygen atoms in total. The molecule has 0 N–H and O–H groups in total. The van der Waals surface area contributed by atoms with Crippen LogP contribution >= 0.6 is 0 Å². The van der Waals surface area contributed by atoms with E-state index in [2.05, 4.69) is 27.4 Å². The van der Waals surface area contributed by atoms with Crippen LogP contribution in [0.4, 0.5) is 4.79 Å². The predicted molar refractivity (Wildman–Crippen MR) is 106 cm³/mol. The Labute approximate surface area is 154 Å². The average Bonchev–Trinajstić information content (AvgIpc) is 2.63. The maximum absolute atomic E-state index is 11.2. The highest BCUT2D eigenvalue weighted by Crippen LogP contribution is 2.12. The monoisotopic (exact) mass is 349 g/mol. The molecule has 1 aliphatic rings. The number of unbranched alkanes of at least 4 members (excludes halogenated alkanes) is 11. The molecule has 0 atom stereocenters. The van der Waals surface area contributed by atoms with E-state index in [0.717, 1.165) is 12.3 Å². The number of hydrogen-bond donors (Lipinski definition) is 0. The first-order valence-corrected chi connectivity index (χ1v) is 10.2. The fraction of sp³-hybridized carbons (Fsp3) is 0.762. The van der Waals surface area contributed by atoms with Gasteiger partial charge in [0.2, 0.25) is 0 Å². The summed E-state index contributed by atoms with van der Waals surface area (Å²) in [7, 11) is 1.36. The van der Waals surface area contributed by atoms with Crippen molar-refractivity contribution in [3.8, 4) is 0 Å². The third-order valence-electron chi connectivity index (χ3n) is 4.66. The minimum atomic E-state index is -0.521. The van der Waals surface area contributed by atoms with Crippen molar-refractivity contribution in [1.29, 1.82) is 0 Å². The van der Waals surface area contributed by atoms with E-state index < -0.39 is 6.09 Å². The van der Waals surface area contributed by atoms with Crippen LogP contribution in [0.2, 0.25) is 0 Å². The summed E-state index contributed by atoms with van der Waals surface area (Å²) >= 11 is 0. The summed E-state index contributed by atoms with van der Waals surface area (Å²) in [4.78, 5) is 15.1. The van der Waals surface area contributed by atoms with Crippen molar-refractivity contribution in [2.75, 3.05) is 20.2 Å². The minimum absolute atomic E-state index is 0.521. The number of carbonyl (C=O) groups is 1. The number of aliphatic imine (C=N–C) groups is 1. The van der Waals surface area contributed by atoms with Crippen molar-refractivity contribution >= 4 is 18.0 Å². The van der Waals surface area contributed by atoms with Crippen molar-refractivity contribution < 1.29 is 14.1 Å². The van der Waals surface area contributed by atoms with Crippen LogP contribution in [0.15, 0.2) is 17.1 Å². The van der Waals surface area contributed by atoms with Crippen LogP contribution in [0.5, 0.6) is 0 Å². The van der Waals surface area contributed by atoms with E-state index in [0.29, 0.717) is 6.54 Å². The summed E-state index contributed by atoms with van der Waals surface area (Å²) < 4.78 is 6.80. The molecular weight excluding hydrogens is 312 g/mol. The summed E-state index contributed by atoms with van der Waals surface area (Å²) in [6, 6.07) is 0. The Morgan fingerprint density at radius 2 is 1.56 bits per heavy atom. The SMILES string of the molecule is CCCCCCCCCCCCCC[N+]1=CC=CC(=NC(=O)OC)C1. The summed E-state index contributed by atoms with van der Waals surface area (Å²) in [6.45, 7) is 4.00. The number of nitrogens with zero attached hydrogens (tertiary/aromatic N) is 2. The zero-order chi connectivity index (χ0) is 18.2. The van der Waals surface area contributed by atoms with Crippen molar-refractivity contribution in [3.63, 3.8) is 0 Å². The van der Waals surface area contributed by atoms with Gasteiger partial charge in [0.1, 0.15) is 12.3 Å². The molecule has 0 aromatic carbocycles. The Morgan fingerprint density at radius 1 is 1.00 bits per heavy atom. The molecule has 0 aromatic rings. The molecule has 0 spiro atoms. The van der Waals surface area contributed by atoms with Crippen LogP contribution < -0.4 is 0 Å². The number of methoxy groups -OCH3 is 1. The maximum atomic E-state index is 11.2. The van der Waals surface area contributed by atoms with Crippen LogP contribution in [0.1, 0.15) is 84.0 Å². The van der Waals surface area contributed by atoms with Crippen molar-refractivity contribution in [3.05, 3.63) is 12.2 Å². The van der Waals surface area contributed by atoms with Crippen LogP contribution in [0, 0.1) is 0 Å². The van der Waals surface area contributed by atoms with E-state index in [-0.39, 0.29) is 0 Å². The average molecular weight is 350 g/mol. The van der Waals surface area contributed by atoms with Crippen LogP contribution in [0.3, 0.4) is 0 Å². The predicted octanol–water partition coefficient (Wildman–Crippen LogP) is 5.55. The molecule has 0 fully saturated rings. The Morgan fingerprint density at radius 3 is 2.12 bits per heavy atom. The number of amides is 1. The molecule has 4 heteroatoms. The lowest BCUT2D eigenvalue weighted by molar-refractivity contribution is -0.508. The molecule has 1 amide bonds. The zero-order valence-electron chi connectivity index (χ0n) is 16.3. The largest absolute Gasteiger partial charge is 0.451 e. The molecule has 25 heavy (non-hydrogen) atoms. The highest BCUT2D eigenvalue weighted by molar-refractivity contribution is 6.04. The second-order valence-corrected chi connectivity index (χ2v) is 6.94. The molecule has 1 aliphatic heterocycles. The first kappa shape index (κ1) is 21.6. The molecule has 0 aromatic heterocycles. The molecule has 0 unspecified atom stereocenters. The second kappa shape index (κ2) is 14.9. The third kappa shape index (κ3) is 11.7. The van der Waals surface area contributed by atoms with E-state index in [1.54, 1.807) is 0 Å². The first-order valence-electron chi connectivity index (χ1n) is 10.2. The fourth-order valence-electron chi connectivity index (χ4n) is 3.13. The smallest absolute Gasteiger partial charge is 0.433 e. The topological polar surface area (TPSA) is 41.7 Å². The molecule has 0 bridgehead atoms. The van der Waals surface area contributed by atoms with Crippen molar-refractivity contribution in [2.45, 2.75) is 84.0 Å². The van der Waals surface area contributed by atoms with E-state index in [9.17, 15) is 4.79 Å². The Bertz CT molecular complexity index is 453. The quantitative estimate of drug-likeness (QED) is 0.323. The van der Waals surface area contributed by atoms with Gasteiger partial charge >= 0.3 is 6.09 Å². The zero-order valence-corrected chi connectivity index (χ0v) is 16.3. The molecular formula is C21H37N2O2+. The number of rotatable bonds is 13. The van der Waals surface area contributed by atoms with Crippen molar-refractivity contribution in [2.24, 2.45) is 4.99 Å². The van der Waals surface area contributed by atoms with Crippen molar-refractivity contribution in [1.82, 2.24) is 0 Å². The third-order valence-corrected chi connectivity index (χ3v) is 4.66. The number of allylic oxidation sites excluding steroid dienone is 1. The van der Waals surface area contributed by atoms with E-state index >= 15 is 0 Å². The van der Waals surface area contributed by atoms with Gasteiger partial charge < -0.3 is 4.74 Å². The lowest BCUT2D eigenvalue weighted by Gasteiger charge is -2.07. The molecule has 0 radical (unpaired) electrons. The molecule has 1 rings (SSSR count). The summed E-state index contributed by atoms with van der Waals surface area (Å²) in [5.41, 5.74) is 0.772. The molecule has 142 valence electrons. The van der Waals surface area contributed by atoms with Gasteiger partial charge in [0.25, 0.3) is 0 Å². The van der Waals surface area contributed by atoms with Gasteiger partial charge in [-0.3, -0.25) is 0 Å². The molecule has 1 heterocycles. The van der Waals surface area contributed by atoms with Gasteiger partial charge in [-0.2, -0.15) is 4.99 Å². The fourth-order valence-corrected chi connectivity index (χ4v) is 3.13. The van der Waals surface area contributed by atoms with Crippen LogP contribution in [0.25, 0.3) is 0 Å². The second-order valence-electron chi connectivity index (χ2n) is 6.94. The minimum Gasteiger partial charge on any atom is -0.451 e. The van der Waals surface area contributed by atoms with Gasteiger partial charge in [0, 0.05) is 12.5 Å². The molecule has 0 saturated carbocycles. The van der Waals surface area contributed by atoms with Crippen LogP contribution in [-0.4, -0.2) is 42.8 Å². The van der Waals surface area contributed by atoms with Gasteiger partial charge in [0.05, 0.1) is 7.11 Å². The van der Waals surface area contributed by atoms with Gasteiger partial charge in [0.15, 0.2) is 12.8 Å². The number of hydrogen-bond acceptors (Lipinski definition) is 2. The van der Waals surface area contributed by atoms with E-state index in [4.69, 9.17) is 0 Å². The van der Waals surface area contributed by atoms with Gasteiger partial charge in [-0.05, 0) is 12.5 Å². The van der Waals surface area contributed by atoms with Gasteiger partial charge in [-0.1, -0.05) is 71.1 Å². The highest BCUT2D eigenvalue weighted by atomic mass is 16.5. The summed E-state index contributed by atoms with van der Waals surface area (Å²) in [6.07, 6.45) is 21.8. The van der Waals surface area contributed by atoms with Gasteiger partial charge in [-0.15, -0.1) is 0 Å². The lowest BCUT2D eigenvalue weighted by atomic mass is 10.1. The summed E-state index contributed by atoms with van der Waals surface area (Å²) in [5, 5.41) is 0. The molecule has 0 aliphatic carbocycles. The standard InChI is InChI=1S/C21H37N2O2/c1-3-4-5-6-7-8-9-10-11-12-13-14-17-23-18-15-16-20(19-23)22-21(24)25-2/h15-16,18H,3-14,17,19H2,1-2H3/q+1. The lowest BCUT2D eigenvalue weighted by Crippen LogP contribution is -2.25. The normalized spacial score (nSPS) is 15.4. The Hall–Kier alpha value is -1.45. The van der Waals surface area contributed by atoms with Gasteiger partial charge in [-0.25, -0.2) is 9.37 Å². The maximum Gasteiger partial charge on any atom is 0.433 e. The Kier molecular flexibility index (Phi) is 12.8. The summed E-state index contributed by atoms with van der Waals surface area (Å²) in [5.74, 6) is 0. The number of ether oxygens (including phenoxy) is 1. The van der Waals surface area contributed by atoms with E-state index in [1.165, 1.54) is 84.2 Å². The number of carbonyl (C=O) groups excluding carboxylic acids is 1. The highest BCUT2D eigenvalue weighted by Gasteiger charge is 2.12. The van der Waals surface area contributed by atoms with E-state index in [1.807, 2.05) is 12.2 Å². The first-order chi connectivity index (χ1) is 12.3.